The summed E-state index contributed by atoms with van der Waals surface area (Å²) in [6.07, 6.45) is 1.13. The van der Waals surface area contributed by atoms with Crippen LogP contribution in [0, 0.1) is 5.41 Å². The van der Waals surface area contributed by atoms with Crippen molar-refractivity contribution in [3.05, 3.63) is 45.7 Å². The molecule has 0 aliphatic rings. The first-order valence-electron chi connectivity index (χ1n) is 6.72. The molecule has 0 spiro atoms. The average molecular weight is 273 g/mol. The minimum absolute atomic E-state index is 0.212. The fourth-order valence-electron chi connectivity index (χ4n) is 2.20. The molecule has 1 aromatic carbocycles. The van der Waals surface area contributed by atoms with Gasteiger partial charge in [0.25, 0.3) is 5.56 Å². The molecule has 0 bridgehead atoms. The van der Waals surface area contributed by atoms with E-state index in [1.165, 1.54) is 5.56 Å². The lowest BCUT2D eigenvalue weighted by molar-refractivity contribution is -0.146. The normalized spacial score (nSPS) is 11.8. The molecule has 0 radical (unpaired) electrons. The molecule has 2 rings (SSSR count). The highest BCUT2D eigenvalue weighted by atomic mass is 16.4. The van der Waals surface area contributed by atoms with Crippen molar-refractivity contribution in [3.63, 3.8) is 0 Å². The molecular weight excluding hydrogens is 254 g/mol. The quantitative estimate of drug-likeness (QED) is 0.899. The summed E-state index contributed by atoms with van der Waals surface area (Å²) >= 11 is 0. The summed E-state index contributed by atoms with van der Waals surface area (Å²) in [7, 11) is 0. The summed E-state index contributed by atoms with van der Waals surface area (Å²) in [5, 5.41) is 10.1. The number of hydrogen-bond acceptors (Lipinski definition) is 2. The van der Waals surface area contributed by atoms with E-state index < -0.39 is 11.4 Å². The number of aryl methyl sites for hydroxylation is 1. The number of nitrogens with one attached hydrogen (secondary N) is 1. The van der Waals surface area contributed by atoms with Crippen LogP contribution in [0.4, 0.5) is 0 Å². The smallest absolute Gasteiger partial charge is 0.309 e. The fraction of sp³-hybridized carbons (Fsp3) is 0.375. The molecule has 0 atom stereocenters. The highest BCUT2D eigenvalue weighted by Gasteiger charge is 2.28. The summed E-state index contributed by atoms with van der Waals surface area (Å²) in [6.45, 7) is 5.32. The molecular formula is C16H19NO3. The SMILES string of the molecule is CCc1ccc2[nH]c(=O)c(CC(C)(C)C(=O)O)cc2c1. The second-order valence-corrected chi connectivity index (χ2v) is 5.76. The second-order valence-electron chi connectivity index (χ2n) is 5.76. The molecule has 0 aliphatic heterocycles. The van der Waals surface area contributed by atoms with Gasteiger partial charge >= 0.3 is 5.97 Å². The van der Waals surface area contributed by atoms with E-state index in [4.69, 9.17) is 0 Å². The number of carboxylic acids is 1. The number of benzene rings is 1. The van der Waals surface area contributed by atoms with Crippen molar-refractivity contribution in [1.82, 2.24) is 4.98 Å². The van der Waals surface area contributed by atoms with Crippen molar-refractivity contribution in [1.29, 1.82) is 0 Å². The number of rotatable bonds is 4. The van der Waals surface area contributed by atoms with Crippen LogP contribution in [0.1, 0.15) is 31.9 Å². The van der Waals surface area contributed by atoms with E-state index in [1.807, 2.05) is 18.2 Å². The van der Waals surface area contributed by atoms with Crippen LogP contribution in [-0.2, 0) is 17.6 Å². The number of fused-ring (bicyclic) bond motifs is 1. The van der Waals surface area contributed by atoms with Gasteiger partial charge in [0.1, 0.15) is 0 Å². The van der Waals surface area contributed by atoms with Gasteiger partial charge in [0, 0.05) is 11.1 Å². The Bertz CT molecular complexity index is 713. The van der Waals surface area contributed by atoms with Crippen molar-refractivity contribution < 1.29 is 9.90 Å². The average Bonchev–Trinajstić information content (AvgIpc) is 2.38. The van der Waals surface area contributed by atoms with Crippen molar-refractivity contribution in [2.24, 2.45) is 5.41 Å². The number of H-pyrrole nitrogens is 1. The second kappa shape index (κ2) is 5.12. The largest absolute Gasteiger partial charge is 0.481 e. The molecule has 1 heterocycles. The molecule has 2 aromatic rings. The molecule has 0 fully saturated rings. The predicted octanol–water partition coefficient (Wildman–Crippen LogP) is 2.74. The van der Waals surface area contributed by atoms with Gasteiger partial charge in [-0.25, -0.2) is 0 Å². The van der Waals surface area contributed by atoms with Crippen LogP contribution >= 0.6 is 0 Å². The zero-order valence-electron chi connectivity index (χ0n) is 12.0. The third kappa shape index (κ3) is 2.74. The first-order chi connectivity index (χ1) is 9.33. The van der Waals surface area contributed by atoms with E-state index in [1.54, 1.807) is 19.9 Å². The highest BCUT2D eigenvalue weighted by Crippen LogP contribution is 2.22. The van der Waals surface area contributed by atoms with Crippen LogP contribution in [0.5, 0.6) is 0 Å². The molecule has 106 valence electrons. The molecule has 4 nitrogen and oxygen atoms in total. The Labute approximate surface area is 117 Å². The molecule has 0 aliphatic carbocycles. The number of aliphatic carboxylic acids is 1. The molecule has 1 aromatic heterocycles. The Morgan fingerprint density at radius 2 is 2.00 bits per heavy atom. The number of aromatic amines is 1. The van der Waals surface area contributed by atoms with Crippen LogP contribution in [0.25, 0.3) is 10.9 Å². The van der Waals surface area contributed by atoms with E-state index >= 15 is 0 Å². The highest BCUT2D eigenvalue weighted by molar-refractivity contribution is 5.80. The maximum Gasteiger partial charge on any atom is 0.309 e. The van der Waals surface area contributed by atoms with Gasteiger partial charge in [-0.15, -0.1) is 0 Å². The zero-order chi connectivity index (χ0) is 14.9. The van der Waals surface area contributed by atoms with Gasteiger partial charge in [-0.1, -0.05) is 13.0 Å². The van der Waals surface area contributed by atoms with Gasteiger partial charge in [-0.2, -0.15) is 0 Å². The lowest BCUT2D eigenvalue weighted by Crippen LogP contribution is -2.29. The van der Waals surface area contributed by atoms with Gasteiger partial charge in [0.15, 0.2) is 0 Å². The minimum Gasteiger partial charge on any atom is -0.481 e. The van der Waals surface area contributed by atoms with Crippen LogP contribution in [0.15, 0.2) is 29.1 Å². The third-order valence-electron chi connectivity index (χ3n) is 3.61. The van der Waals surface area contributed by atoms with E-state index in [9.17, 15) is 14.7 Å². The maximum atomic E-state index is 12.0. The first kappa shape index (κ1) is 14.3. The fourth-order valence-corrected chi connectivity index (χ4v) is 2.20. The Morgan fingerprint density at radius 1 is 1.30 bits per heavy atom. The number of carboxylic acid groups (broad SMARTS) is 1. The molecule has 4 heteroatoms. The van der Waals surface area contributed by atoms with Gasteiger partial charge in [-0.3, -0.25) is 9.59 Å². The number of carbonyl (C=O) groups is 1. The number of pyridine rings is 1. The zero-order valence-corrected chi connectivity index (χ0v) is 12.0. The Hall–Kier alpha value is -2.10. The summed E-state index contributed by atoms with van der Waals surface area (Å²) in [4.78, 5) is 26.1. The Kier molecular flexibility index (Phi) is 3.66. The summed E-state index contributed by atoms with van der Waals surface area (Å²) < 4.78 is 0. The molecule has 0 saturated carbocycles. The van der Waals surface area contributed by atoms with Crippen LogP contribution in [-0.4, -0.2) is 16.1 Å². The standard InChI is InChI=1S/C16H19NO3/c1-4-10-5-6-13-11(7-10)8-12(14(18)17-13)9-16(2,3)15(19)20/h5-8H,4,9H2,1-3H3,(H,17,18)(H,19,20). The molecule has 0 amide bonds. The van der Waals surface area contributed by atoms with Gasteiger partial charge in [0.2, 0.25) is 0 Å². The van der Waals surface area contributed by atoms with Gasteiger partial charge < -0.3 is 10.1 Å². The van der Waals surface area contributed by atoms with Crippen LogP contribution < -0.4 is 5.56 Å². The van der Waals surface area contributed by atoms with E-state index in [2.05, 4.69) is 11.9 Å². The lowest BCUT2D eigenvalue weighted by atomic mass is 9.86. The van der Waals surface area contributed by atoms with Crippen LogP contribution in [0.3, 0.4) is 0 Å². The van der Waals surface area contributed by atoms with Crippen molar-refractivity contribution in [2.45, 2.75) is 33.6 Å². The molecule has 20 heavy (non-hydrogen) atoms. The number of hydrogen-bond donors (Lipinski definition) is 2. The monoisotopic (exact) mass is 273 g/mol. The van der Waals surface area contributed by atoms with E-state index in [0.717, 1.165) is 17.3 Å². The predicted molar refractivity (Wildman–Crippen MR) is 79.1 cm³/mol. The third-order valence-corrected chi connectivity index (χ3v) is 3.61. The summed E-state index contributed by atoms with van der Waals surface area (Å²) in [5.74, 6) is -0.903. The van der Waals surface area contributed by atoms with E-state index in [0.29, 0.717) is 5.56 Å². The lowest BCUT2D eigenvalue weighted by Gasteiger charge is -2.18. The van der Waals surface area contributed by atoms with Crippen molar-refractivity contribution in [3.8, 4) is 0 Å². The van der Waals surface area contributed by atoms with Crippen LogP contribution in [0.2, 0.25) is 0 Å². The van der Waals surface area contributed by atoms with Gasteiger partial charge in [-0.05, 0) is 55.8 Å². The van der Waals surface area contributed by atoms with Crippen molar-refractivity contribution >= 4 is 16.9 Å². The summed E-state index contributed by atoms with van der Waals surface area (Å²) in [5.41, 5.74) is 1.31. The topological polar surface area (TPSA) is 70.2 Å². The molecule has 0 saturated heterocycles. The molecule has 0 unspecified atom stereocenters. The Morgan fingerprint density at radius 3 is 2.60 bits per heavy atom. The maximum absolute atomic E-state index is 12.0. The summed E-state index contributed by atoms with van der Waals surface area (Å²) in [6, 6.07) is 7.71. The number of aromatic nitrogens is 1. The first-order valence-corrected chi connectivity index (χ1v) is 6.72. The molecule has 2 N–H and O–H groups in total. The van der Waals surface area contributed by atoms with Crippen molar-refractivity contribution in [2.75, 3.05) is 0 Å². The Balaban J connectivity index is 2.51. The minimum atomic E-state index is -0.955. The van der Waals surface area contributed by atoms with Gasteiger partial charge in [0.05, 0.1) is 5.41 Å². The van der Waals surface area contributed by atoms with E-state index in [-0.39, 0.29) is 12.0 Å².